The monoisotopic (exact) mass is 359 g/mol. The van der Waals surface area contributed by atoms with Crippen LogP contribution in [0.25, 0.3) is 10.8 Å². The Labute approximate surface area is 148 Å². The van der Waals surface area contributed by atoms with Gasteiger partial charge in [0.25, 0.3) is 5.91 Å². The Balaban J connectivity index is 1.36. The van der Waals surface area contributed by atoms with E-state index in [4.69, 9.17) is 4.42 Å². The van der Waals surface area contributed by atoms with Crippen molar-refractivity contribution in [1.82, 2.24) is 14.8 Å². The first-order valence-electron chi connectivity index (χ1n) is 7.83. The van der Waals surface area contributed by atoms with Crippen LogP contribution in [0.5, 0.6) is 0 Å². The normalized spacial score (nSPS) is 15.8. The van der Waals surface area contributed by atoms with E-state index in [2.05, 4.69) is 27.4 Å². The van der Waals surface area contributed by atoms with Crippen molar-refractivity contribution < 1.29 is 9.21 Å². The van der Waals surface area contributed by atoms with E-state index in [1.54, 1.807) is 17.6 Å². The number of thiazole rings is 1. The van der Waals surface area contributed by atoms with Gasteiger partial charge in [0.1, 0.15) is 5.69 Å². The predicted octanol–water partition coefficient (Wildman–Crippen LogP) is 3.42. The molecule has 0 radical (unpaired) electrons. The van der Waals surface area contributed by atoms with Crippen LogP contribution in [0.2, 0.25) is 0 Å². The van der Waals surface area contributed by atoms with Gasteiger partial charge >= 0.3 is 0 Å². The molecule has 0 aromatic carbocycles. The average molecular weight is 359 g/mol. The number of rotatable bonds is 4. The zero-order valence-corrected chi connectivity index (χ0v) is 14.7. The molecule has 3 aromatic rings. The van der Waals surface area contributed by atoms with Crippen molar-refractivity contribution in [3.8, 4) is 10.8 Å². The van der Waals surface area contributed by atoms with Gasteiger partial charge in [-0.05, 0) is 23.6 Å². The second kappa shape index (κ2) is 6.88. The second-order valence-corrected chi connectivity index (χ2v) is 7.55. The highest BCUT2D eigenvalue weighted by Gasteiger charge is 2.24. The Kier molecular flexibility index (Phi) is 4.46. The van der Waals surface area contributed by atoms with Gasteiger partial charge in [-0.25, -0.2) is 4.98 Å². The molecular formula is C17H17N3O2S2. The summed E-state index contributed by atoms with van der Waals surface area (Å²) in [6.45, 7) is 4.27. The molecule has 1 saturated heterocycles. The maximum atomic E-state index is 12.6. The second-order valence-electron chi connectivity index (χ2n) is 5.66. The third kappa shape index (κ3) is 3.28. The van der Waals surface area contributed by atoms with Gasteiger partial charge < -0.3 is 9.32 Å². The van der Waals surface area contributed by atoms with Crippen LogP contribution in [-0.2, 0) is 6.54 Å². The minimum Gasteiger partial charge on any atom is -0.462 e. The molecule has 0 saturated carbocycles. The van der Waals surface area contributed by atoms with Gasteiger partial charge in [-0.3, -0.25) is 9.69 Å². The molecule has 1 aliphatic rings. The molecule has 0 bridgehead atoms. The lowest BCUT2D eigenvalue weighted by atomic mass is 10.2. The summed E-state index contributed by atoms with van der Waals surface area (Å²) < 4.78 is 5.34. The minimum absolute atomic E-state index is 0.0137. The zero-order valence-electron chi connectivity index (χ0n) is 13.1. The highest BCUT2D eigenvalue weighted by atomic mass is 32.1. The summed E-state index contributed by atoms with van der Waals surface area (Å²) in [5.74, 6) is 0.722. The highest BCUT2D eigenvalue weighted by Crippen LogP contribution is 2.24. The Hall–Kier alpha value is -1.96. The molecule has 0 spiro atoms. The van der Waals surface area contributed by atoms with Crippen molar-refractivity contribution in [3.05, 3.63) is 51.9 Å². The van der Waals surface area contributed by atoms with Crippen molar-refractivity contribution in [2.45, 2.75) is 6.54 Å². The van der Waals surface area contributed by atoms with E-state index >= 15 is 0 Å². The lowest BCUT2D eigenvalue weighted by Gasteiger charge is -2.34. The lowest BCUT2D eigenvalue weighted by molar-refractivity contribution is 0.0625. The molecule has 0 atom stereocenters. The summed E-state index contributed by atoms with van der Waals surface area (Å²) in [4.78, 5) is 22.7. The summed E-state index contributed by atoms with van der Waals surface area (Å²) in [6, 6.07) is 7.92. The fourth-order valence-corrected chi connectivity index (χ4v) is 4.29. The molecule has 7 heteroatoms. The first-order valence-corrected chi connectivity index (χ1v) is 9.59. The van der Waals surface area contributed by atoms with Crippen LogP contribution < -0.4 is 0 Å². The van der Waals surface area contributed by atoms with E-state index < -0.39 is 0 Å². The Bertz CT molecular complexity index is 788. The third-order valence-electron chi connectivity index (χ3n) is 4.07. The molecule has 4 heterocycles. The van der Waals surface area contributed by atoms with Gasteiger partial charge in [0, 0.05) is 43.0 Å². The highest BCUT2D eigenvalue weighted by molar-refractivity contribution is 7.13. The first-order chi connectivity index (χ1) is 11.8. The fourth-order valence-electron chi connectivity index (χ4n) is 2.78. The molecule has 0 unspecified atom stereocenters. The largest absolute Gasteiger partial charge is 0.462 e. The standard InChI is InChI=1S/C17H17N3O2S2/c21-17(14-12-24-16(18-14)15-4-1-9-22-15)20-7-5-19(6-8-20)11-13-3-2-10-23-13/h1-4,9-10,12H,5-8,11H2. The summed E-state index contributed by atoms with van der Waals surface area (Å²) in [5.41, 5.74) is 0.512. The van der Waals surface area contributed by atoms with E-state index in [-0.39, 0.29) is 5.91 Å². The van der Waals surface area contributed by atoms with E-state index in [1.165, 1.54) is 16.2 Å². The van der Waals surface area contributed by atoms with Crippen molar-refractivity contribution in [2.24, 2.45) is 0 Å². The SMILES string of the molecule is O=C(c1csc(-c2ccco2)n1)N1CCN(Cc2cccs2)CC1. The molecule has 5 nitrogen and oxygen atoms in total. The van der Waals surface area contributed by atoms with Crippen LogP contribution in [0.4, 0.5) is 0 Å². The third-order valence-corrected chi connectivity index (χ3v) is 5.79. The van der Waals surface area contributed by atoms with Crippen LogP contribution >= 0.6 is 22.7 Å². The van der Waals surface area contributed by atoms with Crippen LogP contribution in [0, 0.1) is 0 Å². The van der Waals surface area contributed by atoms with Crippen molar-refractivity contribution in [2.75, 3.05) is 26.2 Å². The summed E-state index contributed by atoms with van der Waals surface area (Å²) in [6.07, 6.45) is 1.62. The van der Waals surface area contributed by atoms with Crippen molar-refractivity contribution in [3.63, 3.8) is 0 Å². The van der Waals surface area contributed by atoms with Crippen molar-refractivity contribution in [1.29, 1.82) is 0 Å². The molecule has 124 valence electrons. The van der Waals surface area contributed by atoms with Crippen LogP contribution in [0.1, 0.15) is 15.4 Å². The maximum absolute atomic E-state index is 12.6. The molecule has 1 aliphatic heterocycles. The van der Waals surface area contributed by atoms with E-state index in [9.17, 15) is 4.79 Å². The molecule has 1 amide bonds. The number of nitrogens with zero attached hydrogens (tertiary/aromatic N) is 3. The molecule has 3 aromatic heterocycles. The smallest absolute Gasteiger partial charge is 0.273 e. The zero-order chi connectivity index (χ0) is 16.4. The molecule has 24 heavy (non-hydrogen) atoms. The van der Waals surface area contributed by atoms with Crippen LogP contribution in [-0.4, -0.2) is 46.9 Å². The van der Waals surface area contributed by atoms with E-state index in [1.807, 2.05) is 22.4 Å². The quantitative estimate of drug-likeness (QED) is 0.716. The number of thiophene rings is 1. The average Bonchev–Trinajstić information content (AvgIpc) is 3.36. The van der Waals surface area contributed by atoms with Crippen LogP contribution in [0.15, 0.2) is 45.7 Å². The number of carbonyl (C=O) groups excluding carboxylic acids is 1. The number of carbonyl (C=O) groups is 1. The summed E-state index contributed by atoms with van der Waals surface area (Å²) in [7, 11) is 0. The van der Waals surface area contributed by atoms with Crippen molar-refractivity contribution >= 4 is 28.6 Å². The topological polar surface area (TPSA) is 49.6 Å². The maximum Gasteiger partial charge on any atom is 0.273 e. The Morgan fingerprint density at radius 1 is 1.17 bits per heavy atom. The van der Waals surface area contributed by atoms with Gasteiger partial charge in [0.05, 0.1) is 6.26 Å². The summed E-state index contributed by atoms with van der Waals surface area (Å²) >= 11 is 3.22. The Morgan fingerprint density at radius 3 is 2.75 bits per heavy atom. The minimum atomic E-state index is 0.0137. The molecule has 0 aliphatic carbocycles. The van der Waals surface area contributed by atoms with Crippen LogP contribution in [0.3, 0.4) is 0 Å². The number of amides is 1. The van der Waals surface area contributed by atoms with Gasteiger partial charge in [-0.1, -0.05) is 6.07 Å². The van der Waals surface area contributed by atoms with E-state index in [0.717, 1.165) is 37.7 Å². The molecule has 0 N–H and O–H groups in total. The number of furan rings is 1. The number of aromatic nitrogens is 1. The number of hydrogen-bond acceptors (Lipinski definition) is 6. The predicted molar refractivity (Wildman–Crippen MR) is 95.3 cm³/mol. The first kappa shape index (κ1) is 15.6. The van der Waals surface area contributed by atoms with Gasteiger partial charge in [0.2, 0.25) is 0 Å². The van der Waals surface area contributed by atoms with Gasteiger partial charge in [-0.15, -0.1) is 22.7 Å². The summed E-state index contributed by atoms with van der Waals surface area (Å²) in [5, 5.41) is 4.67. The molecular weight excluding hydrogens is 342 g/mol. The van der Waals surface area contributed by atoms with Gasteiger partial charge in [-0.2, -0.15) is 0 Å². The molecule has 4 rings (SSSR count). The Morgan fingerprint density at radius 2 is 2.04 bits per heavy atom. The number of piperazine rings is 1. The fraction of sp³-hybridized carbons (Fsp3) is 0.294. The van der Waals surface area contributed by atoms with E-state index in [0.29, 0.717) is 11.5 Å². The number of hydrogen-bond donors (Lipinski definition) is 0. The molecule has 1 fully saturated rings. The van der Waals surface area contributed by atoms with Gasteiger partial charge in [0.15, 0.2) is 10.8 Å². The lowest BCUT2D eigenvalue weighted by Crippen LogP contribution is -2.48.